The second kappa shape index (κ2) is 12.7. The minimum Gasteiger partial charge on any atom is -0.463 e. The zero-order chi connectivity index (χ0) is 20.2. The van der Waals surface area contributed by atoms with E-state index in [0.717, 1.165) is 19.3 Å². The van der Waals surface area contributed by atoms with Crippen molar-refractivity contribution in [3.8, 4) is 0 Å². The molecule has 0 aromatic rings. The molecule has 1 rings (SSSR count). The highest BCUT2D eigenvalue weighted by Crippen LogP contribution is 2.28. The molecule has 0 saturated carbocycles. The molecule has 0 aromatic carbocycles. The van der Waals surface area contributed by atoms with E-state index in [1.54, 1.807) is 0 Å². The lowest BCUT2D eigenvalue weighted by Crippen LogP contribution is -2.41. The molecule has 0 amide bonds. The van der Waals surface area contributed by atoms with Gasteiger partial charge < -0.3 is 23.7 Å². The van der Waals surface area contributed by atoms with Crippen LogP contribution in [0.15, 0.2) is 0 Å². The van der Waals surface area contributed by atoms with Gasteiger partial charge in [0.2, 0.25) is 0 Å². The maximum absolute atomic E-state index is 11.5. The number of esters is 3. The van der Waals surface area contributed by atoms with Crippen LogP contribution in [-0.4, -0.2) is 55.7 Å². The average Bonchev–Trinajstić information content (AvgIpc) is 2.88. The minimum absolute atomic E-state index is 0.123. The van der Waals surface area contributed by atoms with Crippen LogP contribution in [0.25, 0.3) is 0 Å². The summed E-state index contributed by atoms with van der Waals surface area (Å²) >= 11 is 0. The first-order valence-electron chi connectivity index (χ1n) is 9.60. The molecule has 8 heteroatoms. The zero-order valence-electron chi connectivity index (χ0n) is 16.7. The van der Waals surface area contributed by atoms with Crippen LogP contribution in [0, 0.1) is 0 Å². The lowest BCUT2D eigenvalue weighted by Gasteiger charge is -2.23. The number of hydrogen-bond donors (Lipinski definition) is 0. The Morgan fingerprint density at radius 3 is 2.00 bits per heavy atom. The monoisotopic (exact) mass is 388 g/mol. The Bertz CT molecular complexity index is 478. The van der Waals surface area contributed by atoms with E-state index in [9.17, 15) is 14.4 Å². The number of unbranched alkanes of at least 4 members (excludes halogenated alkanes) is 5. The van der Waals surface area contributed by atoms with Gasteiger partial charge in [-0.1, -0.05) is 39.0 Å². The highest BCUT2D eigenvalue weighted by atomic mass is 16.7. The number of carbonyl (C=O) groups is 3. The van der Waals surface area contributed by atoms with Gasteiger partial charge in [-0.05, 0) is 6.42 Å². The SMILES string of the molecule is CCCCCCCCO[C@@H]1O[C@H](COC(C)=O)[C@H](OC(C)=O)[C@H]1OC(C)=O. The summed E-state index contributed by atoms with van der Waals surface area (Å²) in [5.74, 6) is -1.58. The number of hydrogen-bond acceptors (Lipinski definition) is 8. The lowest BCUT2D eigenvalue weighted by molar-refractivity contribution is -0.190. The van der Waals surface area contributed by atoms with Gasteiger partial charge in [0, 0.05) is 27.4 Å². The number of carbonyl (C=O) groups excluding carboxylic acids is 3. The van der Waals surface area contributed by atoms with Crippen LogP contribution in [0.3, 0.4) is 0 Å². The fourth-order valence-electron chi connectivity index (χ4n) is 2.89. The Morgan fingerprint density at radius 1 is 0.815 bits per heavy atom. The summed E-state index contributed by atoms with van der Waals surface area (Å²) < 4.78 is 27.0. The fourth-order valence-corrected chi connectivity index (χ4v) is 2.89. The van der Waals surface area contributed by atoms with Crippen LogP contribution >= 0.6 is 0 Å². The Hall–Kier alpha value is -1.67. The van der Waals surface area contributed by atoms with Crippen molar-refractivity contribution in [3.63, 3.8) is 0 Å². The van der Waals surface area contributed by atoms with Gasteiger partial charge in [-0.15, -0.1) is 0 Å². The van der Waals surface area contributed by atoms with Crippen molar-refractivity contribution in [1.82, 2.24) is 0 Å². The van der Waals surface area contributed by atoms with E-state index in [0.29, 0.717) is 6.61 Å². The maximum Gasteiger partial charge on any atom is 0.303 e. The molecule has 8 nitrogen and oxygen atoms in total. The van der Waals surface area contributed by atoms with Crippen LogP contribution in [0.2, 0.25) is 0 Å². The molecular weight excluding hydrogens is 356 g/mol. The topological polar surface area (TPSA) is 97.4 Å². The van der Waals surface area contributed by atoms with Gasteiger partial charge in [0.25, 0.3) is 0 Å². The van der Waals surface area contributed by atoms with Crippen LogP contribution in [0.1, 0.15) is 66.2 Å². The van der Waals surface area contributed by atoms with Gasteiger partial charge in [-0.25, -0.2) is 0 Å². The molecule has 1 saturated heterocycles. The Labute approximate surface area is 160 Å². The molecule has 0 unspecified atom stereocenters. The quantitative estimate of drug-likeness (QED) is 0.286. The summed E-state index contributed by atoms with van der Waals surface area (Å²) in [6.07, 6.45) is 3.19. The summed E-state index contributed by atoms with van der Waals surface area (Å²) in [6.45, 7) is 6.25. The summed E-state index contributed by atoms with van der Waals surface area (Å²) in [6, 6.07) is 0. The van der Waals surface area contributed by atoms with E-state index >= 15 is 0 Å². The third-order valence-electron chi connectivity index (χ3n) is 4.10. The maximum atomic E-state index is 11.5. The number of ether oxygens (including phenoxy) is 5. The first-order chi connectivity index (χ1) is 12.8. The van der Waals surface area contributed by atoms with Gasteiger partial charge >= 0.3 is 17.9 Å². The predicted octanol–water partition coefficient (Wildman–Crippen LogP) is 2.51. The lowest BCUT2D eigenvalue weighted by atomic mass is 10.1. The van der Waals surface area contributed by atoms with Gasteiger partial charge in [0.15, 0.2) is 18.5 Å². The molecule has 1 aliphatic rings. The third-order valence-corrected chi connectivity index (χ3v) is 4.10. The molecule has 1 fully saturated rings. The minimum atomic E-state index is -0.910. The van der Waals surface area contributed by atoms with Gasteiger partial charge in [-0.2, -0.15) is 0 Å². The highest BCUT2D eigenvalue weighted by Gasteiger charge is 2.50. The van der Waals surface area contributed by atoms with E-state index in [-0.39, 0.29) is 6.61 Å². The van der Waals surface area contributed by atoms with Gasteiger partial charge in [0.1, 0.15) is 12.7 Å². The second-order valence-corrected chi connectivity index (χ2v) is 6.63. The van der Waals surface area contributed by atoms with E-state index in [1.165, 1.54) is 40.0 Å². The third kappa shape index (κ3) is 9.19. The molecule has 0 bridgehead atoms. The van der Waals surface area contributed by atoms with Crippen molar-refractivity contribution in [2.45, 2.75) is 90.8 Å². The molecule has 1 aliphatic heterocycles. The van der Waals surface area contributed by atoms with Crippen molar-refractivity contribution in [3.05, 3.63) is 0 Å². The average molecular weight is 388 g/mol. The molecule has 156 valence electrons. The highest BCUT2D eigenvalue weighted by molar-refractivity contribution is 5.67. The molecule has 27 heavy (non-hydrogen) atoms. The normalized spacial score (nSPS) is 24.4. The first-order valence-corrected chi connectivity index (χ1v) is 9.60. The Morgan fingerprint density at radius 2 is 1.41 bits per heavy atom. The van der Waals surface area contributed by atoms with E-state index < -0.39 is 42.5 Å². The zero-order valence-corrected chi connectivity index (χ0v) is 16.7. The smallest absolute Gasteiger partial charge is 0.303 e. The second-order valence-electron chi connectivity index (χ2n) is 6.63. The summed E-state index contributed by atoms with van der Waals surface area (Å²) in [4.78, 5) is 34.0. The van der Waals surface area contributed by atoms with Crippen LogP contribution in [0.4, 0.5) is 0 Å². The van der Waals surface area contributed by atoms with Crippen LogP contribution in [-0.2, 0) is 38.1 Å². The summed E-state index contributed by atoms with van der Waals surface area (Å²) in [5, 5.41) is 0. The summed E-state index contributed by atoms with van der Waals surface area (Å²) in [5.41, 5.74) is 0. The van der Waals surface area contributed by atoms with Crippen molar-refractivity contribution in [2.75, 3.05) is 13.2 Å². The molecular formula is C19H32O8. The van der Waals surface area contributed by atoms with Crippen molar-refractivity contribution >= 4 is 17.9 Å². The molecule has 1 heterocycles. The first kappa shape index (κ1) is 23.4. The molecule has 0 aliphatic carbocycles. The fraction of sp³-hybridized carbons (Fsp3) is 0.842. The molecule has 4 atom stereocenters. The van der Waals surface area contributed by atoms with Crippen molar-refractivity contribution < 1.29 is 38.1 Å². The van der Waals surface area contributed by atoms with Crippen LogP contribution < -0.4 is 0 Å². The predicted molar refractivity (Wildman–Crippen MR) is 95.7 cm³/mol. The van der Waals surface area contributed by atoms with Crippen LogP contribution in [0.5, 0.6) is 0 Å². The Balaban J connectivity index is 2.64. The van der Waals surface area contributed by atoms with Gasteiger partial charge in [0.05, 0.1) is 0 Å². The summed E-state index contributed by atoms with van der Waals surface area (Å²) in [7, 11) is 0. The van der Waals surface area contributed by atoms with Gasteiger partial charge in [-0.3, -0.25) is 14.4 Å². The standard InChI is InChI=1S/C19H32O8/c1-5-6-7-8-9-10-11-23-19-18(26-15(4)22)17(25-14(3)21)16(27-19)12-24-13(2)20/h16-19H,5-12H2,1-4H3/t16-,17+,18-,19-/m1/s1. The van der Waals surface area contributed by atoms with Crippen molar-refractivity contribution in [1.29, 1.82) is 0 Å². The largest absolute Gasteiger partial charge is 0.463 e. The van der Waals surface area contributed by atoms with Crippen molar-refractivity contribution in [2.24, 2.45) is 0 Å². The molecule has 0 radical (unpaired) electrons. The molecule has 0 N–H and O–H groups in total. The molecule has 0 spiro atoms. The van der Waals surface area contributed by atoms with E-state index in [1.807, 2.05) is 0 Å². The van der Waals surface area contributed by atoms with E-state index in [2.05, 4.69) is 6.92 Å². The number of rotatable bonds is 12. The van der Waals surface area contributed by atoms with E-state index in [4.69, 9.17) is 23.7 Å². The Kier molecular flexibility index (Phi) is 11.0. The molecule has 0 aromatic heterocycles.